The fraction of sp³-hybridized carbons (Fsp3) is 0.592. The van der Waals surface area contributed by atoms with Gasteiger partial charge in [-0.15, -0.1) is 34.0 Å². The summed E-state index contributed by atoms with van der Waals surface area (Å²) in [4.78, 5) is 45.4. The summed E-state index contributed by atoms with van der Waals surface area (Å²) in [7, 11) is 0. The summed E-state index contributed by atoms with van der Waals surface area (Å²) in [6.45, 7) is 74.0. The Morgan fingerprint density at radius 1 is 0.366 bits per heavy atom. The quantitative estimate of drug-likeness (QED) is 0.133. The van der Waals surface area contributed by atoms with Crippen LogP contribution in [0.3, 0.4) is 0 Å². The molecule has 9 aromatic heterocycles. The summed E-state index contributed by atoms with van der Waals surface area (Å²) in [5.74, 6) is 7.35. The molecule has 0 saturated heterocycles. The minimum atomic E-state index is 0.407. The van der Waals surface area contributed by atoms with Crippen LogP contribution < -0.4 is 0 Å². The van der Waals surface area contributed by atoms with Crippen molar-refractivity contribution < 1.29 is 13.3 Å². The van der Waals surface area contributed by atoms with Crippen molar-refractivity contribution in [3.8, 4) is 0 Å². The Morgan fingerprint density at radius 2 is 0.903 bits per heavy atom. The third kappa shape index (κ3) is 65.7. The van der Waals surface area contributed by atoms with Crippen LogP contribution in [-0.2, 0) is 0 Å². The first-order valence-electron chi connectivity index (χ1n) is 34.5. The monoisotopic (exact) mass is 1350 g/mol. The van der Waals surface area contributed by atoms with Gasteiger partial charge < -0.3 is 13.3 Å². The van der Waals surface area contributed by atoms with Crippen molar-refractivity contribution in [1.29, 1.82) is 0 Å². The summed E-state index contributed by atoms with van der Waals surface area (Å²) in [6.07, 6.45) is 23.9. The van der Waals surface area contributed by atoms with Gasteiger partial charge in [0.2, 0.25) is 0 Å². The van der Waals surface area contributed by atoms with Gasteiger partial charge in [0.05, 0.1) is 39.8 Å². The highest BCUT2D eigenvalue weighted by molar-refractivity contribution is 7.09. The summed E-state index contributed by atoms with van der Waals surface area (Å²) in [6, 6.07) is 7.82. The Hall–Kier alpha value is -6.17. The predicted octanol–water partition coefficient (Wildman–Crippen LogP) is 26.8. The number of hydrogen-bond acceptors (Lipinski definition) is 17. The molecule has 0 bridgehead atoms. The molecular formula is C76H139N11O3S3. The van der Waals surface area contributed by atoms with E-state index in [9.17, 15) is 0 Å². The number of pyridine rings is 1. The van der Waals surface area contributed by atoms with Crippen LogP contribution >= 0.6 is 34.0 Å². The molecule has 0 aliphatic carbocycles. The number of rotatable bonds is 9. The Bertz CT molecular complexity index is 2120. The lowest BCUT2D eigenvalue weighted by molar-refractivity contribution is 0.471. The Kier molecular flexibility index (Phi) is 93.0. The van der Waals surface area contributed by atoms with Crippen molar-refractivity contribution in [2.24, 2.45) is 0 Å². The lowest BCUT2D eigenvalue weighted by Gasteiger charge is -2.00. The van der Waals surface area contributed by atoms with Gasteiger partial charge in [-0.3, -0.25) is 9.97 Å². The maximum atomic E-state index is 4.98. The lowest BCUT2D eigenvalue weighted by atomic mass is 10.1. The maximum Gasteiger partial charge on any atom is 0.196 e. The molecule has 0 radical (unpaired) electrons. The molecule has 0 N–H and O–H groups in total. The van der Waals surface area contributed by atoms with Crippen LogP contribution in [0.1, 0.15) is 353 Å². The van der Waals surface area contributed by atoms with Crippen molar-refractivity contribution in [3.05, 3.63) is 183 Å². The molecule has 0 aliphatic rings. The molecule has 9 rings (SSSR count). The van der Waals surface area contributed by atoms with Gasteiger partial charge in [0.1, 0.15) is 30.4 Å². The molecule has 9 heterocycles. The third-order valence-corrected chi connectivity index (χ3v) is 12.4. The predicted molar refractivity (Wildman–Crippen MR) is 413 cm³/mol. The van der Waals surface area contributed by atoms with Crippen molar-refractivity contribution in [2.45, 2.75) is 303 Å². The van der Waals surface area contributed by atoms with Gasteiger partial charge in [-0.05, 0) is 53.4 Å². The standard InChI is InChI=1S/C8H11N.2C7H10N2.3C6H9NO.3C6H9NS.9C2H6/c1-7(2)8-5-3-4-6-9-8;1-6(2)7-3-8-5-9-4-7;1-6(2)7-8-4-3-5-9-7;1-5(2)6-3-8-4-7-6;1-5(2)6-3-7-4-8-6;1-5(2)6-7-3-4-8-6;1-5(2)6-3-8-4-7-6;1-5(2)6-3-7-4-8-6;1-5(2)6-7-3-4-8-6;9*1-2/h3-7H,1-2H3;2*3-6H,1-2H3;6*3-5H,1-2H3;9*1-2H3. The first-order chi connectivity index (χ1) is 44.7. The van der Waals surface area contributed by atoms with Crippen LogP contribution in [0.5, 0.6) is 0 Å². The zero-order chi connectivity index (χ0) is 74.0. The number of thiazole rings is 3. The van der Waals surface area contributed by atoms with E-state index >= 15 is 0 Å². The van der Waals surface area contributed by atoms with Crippen LogP contribution in [-0.4, -0.2) is 54.8 Å². The van der Waals surface area contributed by atoms with Gasteiger partial charge in [-0.2, -0.15) is 0 Å². The third-order valence-electron chi connectivity index (χ3n) is 9.65. The molecule has 0 spiro atoms. The van der Waals surface area contributed by atoms with Crippen molar-refractivity contribution in [2.75, 3.05) is 0 Å². The normalized spacial score (nSPS) is 8.87. The topological polar surface area (TPSA) is 181 Å². The van der Waals surface area contributed by atoms with E-state index in [1.807, 2.05) is 210 Å². The smallest absolute Gasteiger partial charge is 0.196 e. The summed E-state index contributed by atoms with van der Waals surface area (Å²) < 4.78 is 14.7. The molecule has 14 nitrogen and oxygen atoms in total. The SMILES string of the molecule is CC.CC.CC.CC.CC.CC.CC.CC.CC.CC(C)c1ccccn1.CC(C)c1cncnc1.CC(C)c1cnco1.CC(C)c1cncs1.CC(C)c1cocn1.CC(C)c1cscn1.CC(C)c1ncccn1.CC(C)c1ncco1.CC(C)c1nccs1. The maximum absolute atomic E-state index is 4.98. The van der Waals surface area contributed by atoms with E-state index < -0.39 is 0 Å². The molecule has 17 heteroatoms. The summed E-state index contributed by atoms with van der Waals surface area (Å²) in [5.41, 5.74) is 8.32. The molecule has 0 unspecified atom stereocenters. The lowest BCUT2D eigenvalue weighted by Crippen LogP contribution is -1.93. The number of hydrogen-bond donors (Lipinski definition) is 0. The highest BCUT2D eigenvalue weighted by Crippen LogP contribution is 2.18. The first kappa shape index (κ1) is 106. The highest BCUT2D eigenvalue weighted by atomic mass is 32.1. The van der Waals surface area contributed by atoms with E-state index in [1.54, 1.807) is 77.7 Å². The minimum Gasteiger partial charge on any atom is -0.451 e. The summed E-state index contributed by atoms with van der Waals surface area (Å²) >= 11 is 5.10. The van der Waals surface area contributed by atoms with Gasteiger partial charge in [0.25, 0.3) is 0 Å². The van der Waals surface area contributed by atoms with Gasteiger partial charge in [0, 0.05) is 88.4 Å². The number of nitrogens with zero attached hydrogens (tertiary/aromatic N) is 11. The van der Waals surface area contributed by atoms with Crippen molar-refractivity contribution in [3.63, 3.8) is 0 Å². The van der Waals surface area contributed by atoms with Gasteiger partial charge in [-0.1, -0.05) is 255 Å². The van der Waals surface area contributed by atoms with Crippen LogP contribution in [0.2, 0.25) is 0 Å². The highest BCUT2D eigenvalue weighted by Gasteiger charge is 2.03. The van der Waals surface area contributed by atoms with Crippen LogP contribution in [0.25, 0.3) is 0 Å². The average molecular weight is 1350 g/mol. The summed E-state index contributed by atoms with van der Waals surface area (Å²) in [5, 5.41) is 5.32. The Labute approximate surface area is 584 Å². The number of aromatic nitrogens is 11. The minimum absolute atomic E-state index is 0.407. The number of oxazole rings is 3. The zero-order valence-electron chi connectivity index (χ0n) is 65.8. The molecule has 9 aromatic rings. The molecule has 0 fully saturated rings. The fourth-order valence-electron chi connectivity index (χ4n) is 5.01. The van der Waals surface area contributed by atoms with Crippen molar-refractivity contribution in [1.82, 2.24) is 54.8 Å². The molecular weight excluding hydrogens is 1210 g/mol. The van der Waals surface area contributed by atoms with E-state index in [1.165, 1.54) is 33.9 Å². The Balaban J connectivity index is -0.000000118. The van der Waals surface area contributed by atoms with Crippen molar-refractivity contribution >= 4 is 34.0 Å². The molecule has 0 saturated carbocycles. The van der Waals surface area contributed by atoms with Crippen LogP contribution in [0.4, 0.5) is 0 Å². The van der Waals surface area contributed by atoms with E-state index in [0.717, 1.165) is 28.9 Å². The average Bonchev–Trinajstić information content (AvgIpc) is 4.67. The van der Waals surface area contributed by atoms with Gasteiger partial charge in [0.15, 0.2) is 18.7 Å². The van der Waals surface area contributed by atoms with E-state index in [-0.39, 0.29) is 0 Å². The van der Waals surface area contributed by atoms with Crippen LogP contribution in [0.15, 0.2) is 147 Å². The molecule has 0 atom stereocenters. The molecule has 534 valence electrons. The molecule has 0 amide bonds. The Morgan fingerprint density at radius 3 is 1.13 bits per heavy atom. The molecule has 0 aliphatic heterocycles. The van der Waals surface area contributed by atoms with Gasteiger partial charge in [-0.25, -0.2) is 44.9 Å². The second-order valence-electron chi connectivity index (χ2n) is 19.3. The second kappa shape index (κ2) is 81.9. The second-order valence-corrected chi connectivity index (χ2v) is 21.9. The fourth-order valence-corrected chi connectivity index (χ4v) is 7.02. The van der Waals surface area contributed by atoms with E-state index in [4.69, 9.17) is 13.3 Å². The molecule has 93 heavy (non-hydrogen) atoms. The van der Waals surface area contributed by atoms with E-state index in [2.05, 4.69) is 171 Å². The van der Waals surface area contributed by atoms with E-state index in [0.29, 0.717) is 53.3 Å². The largest absolute Gasteiger partial charge is 0.451 e. The first-order valence-corrected chi connectivity index (χ1v) is 37.2. The molecule has 0 aromatic carbocycles. The zero-order valence-corrected chi connectivity index (χ0v) is 68.2. The van der Waals surface area contributed by atoms with Crippen LogP contribution in [0, 0.1) is 0 Å². The van der Waals surface area contributed by atoms with Gasteiger partial charge >= 0.3 is 0 Å².